The largest absolute Gasteiger partial charge is 0.479 e. The van der Waals surface area contributed by atoms with Crippen molar-refractivity contribution in [3.05, 3.63) is 37.4 Å². The van der Waals surface area contributed by atoms with Crippen LogP contribution in [0.5, 0.6) is 5.75 Å². The van der Waals surface area contributed by atoms with Gasteiger partial charge in [-0.25, -0.2) is 0 Å². The van der Waals surface area contributed by atoms with Crippen molar-refractivity contribution >= 4 is 49.8 Å². The van der Waals surface area contributed by atoms with Crippen LogP contribution < -0.4 is 10.5 Å². The number of hydrogen-bond acceptors (Lipinski definition) is 7. The van der Waals surface area contributed by atoms with Crippen LogP contribution in [0.15, 0.2) is 16.6 Å². The lowest BCUT2D eigenvalue weighted by Crippen LogP contribution is -2.02. The van der Waals surface area contributed by atoms with Gasteiger partial charge in [-0.15, -0.1) is 5.10 Å². The van der Waals surface area contributed by atoms with Gasteiger partial charge in [0.1, 0.15) is 17.3 Å². The molecule has 1 aromatic carbocycles. The number of benzene rings is 1. The first kappa shape index (κ1) is 14.0. The molecule has 100 valence electrons. The first-order chi connectivity index (χ1) is 8.99. The molecule has 19 heavy (non-hydrogen) atoms. The van der Waals surface area contributed by atoms with E-state index in [1.165, 1.54) is 12.1 Å². The molecule has 0 unspecified atom stereocenters. The number of halogens is 2. The predicted octanol–water partition coefficient (Wildman–Crippen LogP) is 3.02. The van der Waals surface area contributed by atoms with E-state index in [0.29, 0.717) is 15.2 Å². The third-order valence-electron chi connectivity index (χ3n) is 2.12. The topological polar surface area (TPSA) is 104 Å². The standard InChI is InChI=1S/C9H6BrClN4O3S/c10-5-1-4(11)2-7(15(16)17)8(5)18-3-6-9(12)19-14-13-6/h1-2H,3,12H2. The van der Waals surface area contributed by atoms with Crippen LogP contribution in [0.4, 0.5) is 10.7 Å². The van der Waals surface area contributed by atoms with Crippen LogP contribution in [-0.4, -0.2) is 14.5 Å². The van der Waals surface area contributed by atoms with E-state index >= 15 is 0 Å². The summed E-state index contributed by atoms with van der Waals surface area (Å²) in [6.45, 7) is -0.0105. The average Bonchev–Trinajstić information content (AvgIpc) is 2.73. The fourth-order valence-electron chi connectivity index (χ4n) is 1.28. The Balaban J connectivity index is 2.29. The summed E-state index contributed by atoms with van der Waals surface area (Å²) < 4.78 is 9.42. The molecule has 0 atom stereocenters. The molecule has 2 rings (SSSR count). The van der Waals surface area contributed by atoms with Crippen LogP contribution in [0.1, 0.15) is 5.69 Å². The minimum Gasteiger partial charge on any atom is -0.479 e. The average molecular weight is 366 g/mol. The Morgan fingerprint density at radius 1 is 1.58 bits per heavy atom. The number of rotatable bonds is 4. The van der Waals surface area contributed by atoms with Gasteiger partial charge in [-0.2, -0.15) is 0 Å². The lowest BCUT2D eigenvalue weighted by molar-refractivity contribution is -0.386. The summed E-state index contributed by atoms with van der Waals surface area (Å²) in [7, 11) is 0. The fourth-order valence-corrected chi connectivity index (χ4v) is 2.62. The molecule has 0 aliphatic heterocycles. The molecule has 0 aliphatic carbocycles. The zero-order valence-corrected chi connectivity index (χ0v) is 12.3. The van der Waals surface area contributed by atoms with Crippen LogP contribution >= 0.6 is 39.1 Å². The van der Waals surface area contributed by atoms with Gasteiger partial charge in [0.15, 0.2) is 0 Å². The number of ether oxygens (including phenoxy) is 1. The number of anilines is 1. The summed E-state index contributed by atoms with van der Waals surface area (Å²) in [5, 5.41) is 15.4. The molecule has 0 radical (unpaired) electrons. The van der Waals surface area contributed by atoms with Crippen LogP contribution in [0, 0.1) is 10.1 Å². The number of nitrogen functional groups attached to an aromatic ring is 1. The highest BCUT2D eigenvalue weighted by Gasteiger charge is 2.20. The molecular weight excluding hydrogens is 360 g/mol. The van der Waals surface area contributed by atoms with Gasteiger partial charge in [-0.3, -0.25) is 10.1 Å². The minimum atomic E-state index is -0.575. The van der Waals surface area contributed by atoms with Gasteiger partial charge in [0.05, 0.1) is 9.40 Å². The van der Waals surface area contributed by atoms with E-state index in [4.69, 9.17) is 22.1 Å². The minimum absolute atomic E-state index is 0.0105. The summed E-state index contributed by atoms with van der Waals surface area (Å²) in [4.78, 5) is 10.4. The van der Waals surface area contributed by atoms with Gasteiger partial charge in [0, 0.05) is 22.6 Å². The number of nitrogens with zero attached hydrogens (tertiary/aromatic N) is 3. The molecule has 0 saturated heterocycles. The second-order valence-corrected chi connectivity index (χ2v) is 5.44. The molecule has 10 heteroatoms. The Kier molecular flexibility index (Phi) is 4.17. The number of nitro groups is 1. The highest BCUT2D eigenvalue weighted by molar-refractivity contribution is 9.10. The van der Waals surface area contributed by atoms with Crippen molar-refractivity contribution in [1.29, 1.82) is 0 Å². The van der Waals surface area contributed by atoms with Crippen molar-refractivity contribution < 1.29 is 9.66 Å². The van der Waals surface area contributed by atoms with E-state index in [2.05, 4.69) is 25.5 Å². The number of nitrogens with two attached hydrogens (primary N) is 1. The number of nitro benzene ring substituents is 1. The summed E-state index contributed by atoms with van der Waals surface area (Å²) in [6, 6.07) is 2.72. The summed E-state index contributed by atoms with van der Waals surface area (Å²) in [6.07, 6.45) is 0. The van der Waals surface area contributed by atoms with Crippen LogP contribution in [-0.2, 0) is 6.61 Å². The lowest BCUT2D eigenvalue weighted by Gasteiger charge is -2.08. The highest BCUT2D eigenvalue weighted by atomic mass is 79.9. The Hall–Kier alpha value is -1.45. The smallest absolute Gasteiger partial charge is 0.313 e. The van der Waals surface area contributed by atoms with E-state index in [-0.39, 0.29) is 23.1 Å². The first-order valence-electron chi connectivity index (χ1n) is 4.82. The van der Waals surface area contributed by atoms with Gasteiger partial charge < -0.3 is 10.5 Å². The molecular formula is C9H6BrClN4O3S. The monoisotopic (exact) mass is 364 g/mol. The second-order valence-electron chi connectivity index (χ2n) is 3.37. The van der Waals surface area contributed by atoms with E-state index in [1.54, 1.807) is 0 Å². The van der Waals surface area contributed by atoms with Crippen LogP contribution in [0.25, 0.3) is 0 Å². The number of hydrogen-bond donors (Lipinski definition) is 1. The molecule has 0 fully saturated rings. The van der Waals surface area contributed by atoms with E-state index in [0.717, 1.165) is 11.5 Å². The van der Waals surface area contributed by atoms with Gasteiger partial charge in [-0.05, 0) is 22.0 Å². The molecule has 1 aromatic heterocycles. The summed E-state index contributed by atoms with van der Waals surface area (Å²) >= 11 is 9.96. The van der Waals surface area contributed by atoms with E-state index in [9.17, 15) is 10.1 Å². The van der Waals surface area contributed by atoms with Crippen molar-refractivity contribution in [2.75, 3.05) is 5.73 Å². The molecule has 0 spiro atoms. The van der Waals surface area contributed by atoms with Crippen LogP contribution in [0.3, 0.4) is 0 Å². The maximum absolute atomic E-state index is 10.9. The zero-order chi connectivity index (χ0) is 14.0. The zero-order valence-electron chi connectivity index (χ0n) is 9.17. The van der Waals surface area contributed by atoms with Gasteiger partial charge >= 0.3 is 5.69 Å². The Morgan fingerprint density at radius 3 is 2.89 bits per heavy atom. The van der Waals surface area contributed by atoms with Crippen LogP contribution in [0.2, 0.25) is 5.02 Å². The Labute approximate surface area is 124 Å². The van der Waals surface area contributed by atoms with E-state index < -0.39 is 4.92 Å². The molecule has 0 aliphatic rings. The molecule has 0 bridgehead atoms. The third-order valence-corrected chi connectivity index (χ3v) is 3.53. The Morgan fingerprint density at radius 2 is 2.32 bits per heavy atom. The van der Waals surface area contributed by atoms with Crippen molar-refractivity contribution in [3.63, 3.8) is 0 Å². The summed E-state index contributed by atoms with van der Waals surface area (Å²) in [5.74, 6) is 0.0711. The number of aromatic nitrogens is 2. The van der Waals surface area contributed by atoms with Gasteiger partial charge in [0.2, 0.25) is 5.75 Å². The maximum atomic E-state index is 10.9. The van der Waals surface area contributed by atoms with Crippen molar-refractivity contribution in [2.24, 2.45) is 0 Å². The van der Waals surface area contributed by atoms with Crippen molar-refractivity contribution in [2.45, 2.75) is 6.61 Å². The molecule has 0 saturated carbocycles. The summed E-state index contributed by atoms with van der Waals surface area (Å²) in [5.41, 5.74) is 5.81. The van der Waals surface area contributed by atoms with E-state index in [1.807, 2.05) is 0 Å². The predicted molar refractivity (Wildman–Crippen MR) is 74.5 cm³/mol. The lowest BCUT2D eigenvalue weighted by atomic mass is 10.3. The molecule has 0 amide bonds. The second kappa shape index (κ2) is 5.68. The first-order valence-corrected chi connectivity index (χ1v) is 6.76. The fraction of sp³-hybridized carbons (Fsp3) is 0.111. The van der Waals surface area contributed by atoms with Crippen molar-refractivity contribution in [1.82, 2.24) is 9.59 Å². The molecule has 2 N–H and O–H groups in total. The third kappa shape index (κ3) is 3.11. The maximum Gasteiger partial charge on any atom is 0.313 e. The normalized spacial score (nSPS) is 10.4. The quantitative estimate of drug-likeness (QED) is 0.659. The van der Waals surface area contributed by atoms with Crippen molar-refractivity contribution in [3.8, 4) is 5.75 Å². The molecule has 1 heterocycles. The van der Waals surface area contributed by atoms with Gasteiger partial charge in [0.25, 0.3) is 0 Å². The Bertz CT molecular complexity index is 636. The molecule has 7 nitrogen and oxygen atoms in total. The molecule has 2 aromatic rings. The highest BCUT2D eigenvalue weighted by Crippen LogP contribution is 2.38. The van der Waals surface area contributed by atoms with Gasteiger partial charge in [-0.1, -0.05) is 16.1 Å². The SMILES string of the molecule is Nc1snnc1COc1c(Br)cc(Cl)cc1[N+](=O)[O-].